The first-order valence-corrected chi connectivity index (χ1v) is 26.8. The smallest absolute Gasteiger partial charge is 0.437 e. The number of hydrogen-bond acceptors (Lipinski definition) is 18. The lowest BCUT2D eigenvalue weighted by molar-refractivity contribution is -0.249. The van der Waals surface area contributed by atoms with Crippen LogP contribution >= 0.6 is 11.8 Å². The Morgan fingerprint density at radius 2 is 1.19 bits per heavy atom. The number of benzene rings is 4. The van der Waals surface area contributed by atoms with Crippen LogP contribution in [-0.4, -0.2) is 74.6 Å². The molecule has 1 unspecified atom stereocenters. The maximum Gasteiger partial charge on any atom is 0.437 e. The molecular weight excluding hydrogens is 1130 g/mol. The molecule has 0 fully saturated rings. The third-order valence-corrected chi connectivity index (χ3v) is 13.7. The van der Waals surface area contributed by atoms with Gasteiger partial charge in [0.1, 0.15) is 60.0 Å². The Bertz CT molecular complexity index is 3630. The number of rotatable bonds is 23. The molecule has 1 heterocycles. The molecule has 0 radical (unpaired) electrons. The fourth-order valence-corrected chi connectivity index (χ4v) is 9.76. The Balaban J connectivity index is 1.31. The fourth-order valence-electron chi connectivity index (χ4n) is 8.74. The minimum absolute atomic E-state index is 0.0643. The number of carbonyl (C=O) groups excluding carboxylic acids is 6. The van der Waals surface area contributed by atoms with Gasteiger partial charge in [0.25, 0.3) is 5.60 Å². The van der Waals surface area contributed by atoms with E-state index in [1.54, 1.807) is 31.3 Å². The third-order valence-electron chi connectivity index (χ3n) is 12.6. The van der Waals surface area contributed by atoms with Crippen molar-refractivity contribution in [3.8, 4) is 41.2 Å². The maximum absolute atomic E-state index is 15.7. The van der Waals surface area contributed by atoms with Gasteiger partial charge in [0.2, 0.25) is 0 Å². The molecule has 438 valence electrons. The van der Waals surface area contributed by atoms with Gasteiger partial charge in [-0.2, -0.15) is 29.0 Å². The van der Waals surface area contributed by atoms with Gasteiger partial charge in [-0.05, 0) is 71.4 Å². The average Bonchev–Trinajstić information content (AvgIpc) is 1.56. The number of thioether (sulfide) groups is 1. The van der Waals surface area contributed by atoms with Gasteiger partial charge in [0.15, 0.2) is 11.3 Å². The Hall–Kier alpha value is -10.7. The van der Waals surface area contributed by atoms with Crippen LogP contribution in [0.25, 0.3) is 6.08 Å². The molecule has 0 bridgehead atoms. The van der Waals surface area contributed by atoms with Crippen molar-refractivity contribution in [1.29, 1.82) is 15.8 Å². The maximum atomic E-state index is 15.7. The highest BCUT2D eigenvalue weighted by Gasteiger charge is 2.65. The zero-order valence-corrected chi connectivity index (χ0v) is 47.4. The molecule has 0 saturated heterocycles. The van der Waals surface area contributed by atoms with E-state index < -0.39 is 81.1 Å². The fraction of sp³-hybridized carbons (Fsp3) is 0.185. The van der Waals surface area contributed by atoms with E-state index in [1.165, 1.54) is 84.6 Å². The first kappa shape index (κ1) is 64.5. The van der Waals surface area contributed by atoms with E-state index in [4.69, 9.17) is 33.2 Å². The summed E-state index contributed by atoms with van der Waals surface area (Å²) in [4.78, 5) is 77.0. The van der Waals surface area contributed by atoms with Crippen molar-refractivity contribution in [3.05, 3.63) is 227 Å². The number of halogens is 3. The Morgan fingerprint density at radius 3 is 1.65 bits per heavy atom. The number of ether oxygens (including phenoxy) is 7. The highest BCUT2D eigenvalue weighted by molar-refractivity contribution is 8.03. The van der Waals surface area contributed by atoms with Crippen LogP contribution in [0.1, 0.15) is 58.5 Å². The molecule has 0 amide bonds. The first-order valence-electron chi connectivity index (χ1n) is 25.8. The van der Waals surface area contributed by atoms with Gasteiger partial charge in [-0.1, -0.05) is 113 Å². The van der Waals surface area contributed by atoms with Gasteiger partial charge in [0.05, 0.1) is 17.7 Å². The van der Waals surface area contributed by atoms with E-state index in [1.807, 2.05) is 55.2 Å². The van der Waals surface area contributed by atoms with Crippen LogP contribution in [0.2, 0.25) is 0 Å². The molecule has 4 aromatic carbocycles. The molecule has 0 spiro atoms. The van der Waals surface area contributed by atoms with Gasteiger partial charge in [-0.25, -0.2) is 28.8 Å². The lowest BCUT2D eigenvalue weighted by Crippen LogP contribution is -2.43. The summed E-state index contributed by atoms with van der Waals surface area (Å²) in [5.41, 5.74) is -3.54. The van der Waals surface area contributed by atoms with Crippen LogP contribution in [-0.2, 0) is 39.0 Å². The van der Waals surface area contributed by atoms with Crippen LogP contribution in [0.4, 0.5) is 18.9 Å². The molecule has 1 aliphatic heterocycles. The number of alkyl halides is 3. The lowest BCUT2D eigenvalue weighted by Gasteiger charge is -2.34. The molecule has 6 rings (SSSR count). The summed E-state index contributed by atoms with van der Waals surface area (Å²) in [6, 6.07) is 26.1. The minimum atomic E-state index is -5.22. The van der Waals surface area contributed by atoms with Crippen molar-refractivity contribution in [2.45, 2.75) is 38.5 Å². The largest absolute Gasteiger partial charge is 0.465 e. The standard InChI is InChI=1S/C65H53F3N4O13S/c1-8-55(73)81-49-30-44(31-50(34-49)82-56(74)9-2)61(77)79-27-26-72(7)48-24-21-41(22-25-48)20-23-43-37-63(5,6)36-42(60(43)86-29-28-80-62(78)45-32-51(83-57(75)10-3)35-52(33-45)84-58(76)11-4)16-15-19-54-53(40-71)59(46(38-69)39-70)85-64(54,65(66,67)68)47-17-13-12-14-18-47/h8-25,30-35H,1-4,26-29,36-37H2,5-7H3/b19-15+,23-20+,42-16+. The second-order valence-corrected chi connectivity index (χ2v) is 20.4. The minimum Gasteiger partial charge on any atom is -0.465 e. The second-order valence-electron chi connectivity index (χ2n) is 19.3. The zero-order chi connectivity index (χ0) is 62.8. The lowest BCUT2D eigenvalue weighted by atomic mass is 9.74. The summed E-state index contributed by atoms with van der Waals surface area (Å²) in [6.45, 7) is 17.4. The van der Waals surface area contributed by atoms with Crippen LogP contribution in [0, 0.1) is 39.4 Å². The summed E-state index contributed by atoms with van der Waals surface area (Å²) in [6.07, 6.45) is 7.10. The van der Waals surface area contributed by atoms with E-state index >= 15 is 13.2 Å². The second kappa shape index (κ2) is 29.0. The molecule has 21 heteroatoms. The van der Waals surface area contributed by atoms with Gasteiger partial charge < -0.3 is 38.1 Å². The quantitative estimate of drug-likeness (QED) is 0.0220. The summed E-state index contributed by atoms with van der Waals surface area (Å²) in [7, 11) is 1.78. The topological polar surface area (TPSA) is 242 Å². The van der Waals surface area contributed by atoms with E-state index in [-0.39, 0.29) is 59.6 Å². The van der Waals surface area contributed by atoms with Gasteiger partial charge in [0, 0.05) is 71.0 Å². The number of carbonyl (C=O) groups is 6. The number of esters is 6. The molecule has 1 atom stereocenters. The van der Waals surface area contributed by atoms with Crippen LogP contribution < -0.4 is 23.8 Å². The van der Waals surface area contributed by atoms with E-state index in [9.17, 15) is 44.6 Å². The molecule has 0 N–H and O–H groups in total. The van der Waals surface area contributed by atoms with Gasteiger partial charge >= 0.3 is 42.0 Å². The van der Waals surface area contributed by atoms with Gasteiger partial charge in [-0.15, -0.1) is 11.8 Å². The van der Waals surface area contributed by atoms with Crippen molar-refractivity contribution in [2.24, 2.45) is 5.41 Å². The zero-order valence-electron chi connectivity index (χ0n) is 46.6. The summed E-state index contributed by atoms with van der Waals surface area (Å²) < 4.78 is 84.4. The summed E-state index contributed by atoms with van der Waals surface area (Å²) in [5, 5.41) is 29.9. The first-order chi connectivity index (χ1) is 41.0. The van der Waals surface area contributed by atoms with Crippen LogP contribution in [0.15, 0.2) is 204 Å². The van der Waals surface area contributed by atoms with Gasteiger partial charge in [-0.3, -0.25) is 0 Å². The molecule has 0 aromatic heterocycles. The van der Waals surface area contributed by atoms with Crippen molar-refractivity contribution in [3.63, 3.8) is 0 Å². The number of likely N-dealkylation sites (N-methyl/N-ethyl adjacent to an activating group) is 1. The van der Waals surface area contributed by atoms with Crippen LogP contribution in [0.3, 0.4) is 0 Å². The normalized spacial score (nSPS) is 15.7. The number of allylic oxidation sites excluding steroid dienone is 7. The average molecular weight is 1190 g/mol. The number of anilines is 1. The van der Waals surface area contributed by atoms with Crippen LogP contribution in [0.5, 0.6) is 23.0 Å². The van der Waals surface area contributed by atoms with E-state index in [0.29, 0.717) is 23.3 Å². The van der Waals surface area contributed by atoms with Crippen molar-refractivity contribution in [2.75, 3.05) is 37.5 Å². The summed E-state index contributed by atoms with van der Waals surface area (Å²) >= 11 is 1.29. The van der Waals surface area contributed by atoms with E-state index in [0.717, 1.165) is 47.2 Å². The number of nitrogens with zero attached hydrogens (tertiary/aromatic N) is 4. The molecular formula is C65H53F3N4O13S. The Morgan fingerprint density at radius 1 is 0.686 bits per heavy atom. The predicted octanol–water partition coefficient (Wildman–Crippen LogP) is 12.1. The molecule has 2 aliphatic rings. The number of hydrogen-bond donors (Lipinski definition) is 0. The molecule has 1 aliphatic carbocycles. The number of nitriles is 3. The van der Waals surface area contributed by atoms with Crippen molar-refractivity contribution < 1.29 is 75.1 Å². The Labute approximate surface area is 497 Å². The highest BCUT2D eigenvalue weighted by atomic mass is 32.2. The SMILES string of the molecule is C=CC(=O)Oc1cc(OC(=O)C=C)cc(C(=O)OCCSC2=C(/C=C/c3ccc(N(C)CCOC(=O)c4cc(OC(=O)C=C)cc(OC(=O)C=C)c4)cc3)CC(C)(C)C/C2=C\C=C\C2=C(C#N)C(=C(C#N)C#N)OC2(c2ccccc2)C(F)(F)F)c1. The molecule has 86 heavy (non-hydrogen) atoms. The summed E-state index contributed by atoms with van der Waals surface area (Å²) in [5.74, 6) is -6.18. The Kier molecular flexibility index (Phi) is 21.8. The van der Waals surface area contributed by atoms with Crippen molar-refractivity contribution in [1.82, 2.24) is 0 Å². The predicted molar refractivity (Wildman–Crippen MR) is 311 cm³/mol. The molecule has 0 saturated carbocycles. The monoisotopic (exact) mass is 1190 g/mol. The third kappa shape index (κ3) is 16.3. The molecule has 4 aromatic rings. The molecule has 17 nitrogen and oxygen atoms in total. The highest BCUT2D eigenvalue weighted by Crippen LogP contribution is 2.56. The van der Waals surface area contributed by atoms with E-state index in [2.05, 4.69) is 26.3 Å². The van der Waals surface area contributed by atoms with Crippen molar-refractivity contribution >= 4 is 59.3 Å².